The number of carbonyl (C=O) groups is 1. The SMILES string of the molecule is CC/C=C\C/C=C\C/C=C\C/C=C\C/C=C\C/C=C\CCCCCCCCCCCCCCCCC(=O)NC(COC1OC(CO)C(OC2OC(CO)C(OC3OC(CO)C(O)C(O)C3O)C(O)C2O)C(O)C1O)C(O)/C=C/CCCCCCCCCCCCCC. The Hall–Kier alpha value is -3.03. The summed E-state index contributed by atoms with van der Waals surface area (Å²) in [5.41, 5.74) is 0. The number of allylic oxidation sites excluding steroid dienone is 13. The molecule has 0 aromatic carbocycles. The van der Waals surface area contributed by atoms with Gasteiger partial charge in [-0.05, 0) is 70.6 Å². The third-order valence-corrected chi connectivity index (χ3v) is 17.4. The van der Waals surface area contributed by atoms with Crippen LogP contribution in [0.4, 0.5) is 0 Å². The maximum atomic E-state index is 13.4. The van der Waals surface area contributed by atoms with Gasteiger partial charge in [0, 0.05) is 6.42 Å². The van der Waals surface area contributed by atoms with E-state index in [1.807, 2.05) is 6.08 Å². The monoisotopic (exact) mass is 1310 g/mol. The summed E-state index contributed by atoms with van der Waals surface area (Å²) in [5, 5.41) is 120. The van der Waals surface area contributed by atoms with Crippen molar-refractivity contribution in [1.82, 2.24) is 5.32 Å². The molecule has 19 heteroatoms. The molecule has 3 rings (SSSR count). The van der Waals surface area contributed by atoms with Crippen LogP contribution in [0.25, 0.3) is 0 Å². The van der Waals surface area contributed by atoms with Crippen LogP contribution < -0.4 is 5.32 Å². The molecule has 1 amide bonds. The van der Waals surface area contributed by atoms with Crippen LogP contribution in [0.5, 0.6) is 0 Å². The summed E-state index contributed by atoms with van der Waals surface area (Å²) in [5.74, 6) is -0.279. The minimum absolute atomic E-state index is 0.239. The molecule has 0 radical (unpaired) electrons. The van der Waals surface area contributed by atoms with Gasteiger partial charge in [0.15, 0.2) is 18.9 Å². The van der Waals surface area contributed by atoms with Crippen molar-refractivity contribution in [1.29, 1.82) is 0 Å². The summed E-state index contributed by atoms with van der Waals surface area (Å²) < 4.78 is 34.3. The number of ether oxygens (including phenoxy) is 6. The van der Waals surface area contributed by atoms with Gasteiger partial charge in [-0.1, -0.05) is 247 Å². The number of rotatable bonds is 54. The second-order valence-electron chi connectivity index (χ2n) is 25.3. The molecular weight excluding hydrogens is 1180 g/mol. The molecule has 0 saturated carbocycles. The Kier molecular flexibility index (Phi) is 48.9. The zero-order valence-corrected chi connectivity index (χ0v) is 56.3. The lowest BCUT2D eigenvalue weighted by Gasteiger charge is -2.48. The summed E-state index contributed by atoms with van der Waals surface area (Å²) in [6, 6.07) is -0.977. The van der Waals surface area contributed by atoms with Crippen LogP contribution in [0.15, 0.2) is 85.1 Å². The average Bonchev–Trinajstić information content (AvgIpc) is 0.840. The molecule has 3 aliphatic heterocycles. The number of carbonyl (C=O) groups excluding carboxylic acids is 1. The van der Waals surface area contributed by atoms with Crippen molar-refractivity contribution in [3.8, 4) is 0 Å². The normalized spacial score (nSPS) is 28.2. The third-order valence-electron chi connectivity index (χ3n) is 17.4. The van der Waals surface area contributed by atoms with Gasteiger partial charge in [0.2, 0.25) is 5.91 Å². The van der Waals surface area contributed by atoms with Gasteiger partial charge in [-0.15, -0.1) is 0 Å². The van der Waals surface area contributed by atoms with E-state index in [1.165, 1.54) is 122 Å². The van der Waals surface area contributed by atoms with Crippen LogP contribution in [0.2, 0.25) is 0 Å². The van der Waals surface area contributed by atoms with Crippen LogP contribution in [-0.2, 0) is 33.2 Å². The molecule has 532 valence electrons. The van der Waals surface area contributed by atoms with Crippen LogP contribution in [0.1, 0.15) is 239 Å². The summed E-state index contributed by atoms with van der Waals surface area (Å²) in [7, 11) is 0. The Bertz CT molecular complexity index is 2000. The highest BCUT2D eigenvalue weighted by atomic mass is 16.8. The van der Waals surface area contributed by atoms with E-state index < -0.39 is 124 Å². The van der Waals surface area contributed by atoms with E-state index in [1.54, 1.807) is 6.08 Å². The molecule has 19 nitrogen and oxygen atoms in total. The van der Waals surface area contributed by atoms with Gasteiger partial charge in [0.25, 0.3) is 0 Å². The predicted molar refractivity (Wildman–Crippen MR) is 360 cm³/mol. The third kappa shape index (κ3) is 35.3. The summed E-state index contributed by atoms with van der Waals surface area (Å²) in [4.78, 5) is 13.4. The fourth-order valence-corrected chi connectivity index (χ4v) is 11.7. The number of amides is 1. The van der Waals surface area contributed by atoms with Gasteiger partial charge in [0.1, 0.15) is 73.2 Å². The Morgan fingerprint density at radius 1 is 0.402 bits per heavy atom. The van der Waals surface area contributed by atoms with Gasteiger partial charge in [0.05, 0.1) is 38.6 Å². The van der Waals surface area contributed by atoms with Gasteiger partial charge in [-0.25, -0.2) is 0 Å². The Labute approximate surface area is 552 Å². The minimum Gasteiger partial charge on any atom is -0.394 e. The first kappa shape index (κ1) is 83.2. The summed E-state index contributed by atoms with van der Waals surface area (Å²) >= 11 is 0. The number of hydrogen-bond donors (Lipinski definition) is 12. The van der Waals surface area contributed by atoms with Crippen molar-refractivity contribution >= 4 is 5.91 Å². The van der Waals surface area contributed by atoms with Crippen LogP contribution >= 0.6 is 0 Å². The highest BCUT2D eigenvalue weighted by Gasteiger charge is 2.53. The lowest BCUT2D eigenvalue weighted by Crippen LogP contribution is -2.66. The van der Waals surface area contributed by atoms with Crippen LogP contribution in [-0.4, -0.2) is 193 Å². The highest BCUT2D eigenvalue weighted by Crippen LogP contribution is 2.33. The zero-order chi connectivity index (χ0) is 66.8. The first-order valence-corrected chi connectivity index (χ1v) is 35.8. The molecule has 17 atom stereocenters. The number of aliphatic hydroxyl groups excluding tert-OH is 11. The summed E-state index contributed by atoms with van der Waals surface area (Å²) in [6.45, 7) is 1.61. The number of nitrogens with one attached hydrogen (secondary N) is 1. The topological polar surface area (TPSA) is 307 Å². The molecule has 0 aliphatic carbocycles. The molecule has 3 saturated heterocycles. The molecule has 92 heavy (non-hydrogen) atoms. The first-order valence-electron chi connectivity index (χ1n) is 35.8. The largest absolute Gasteiger partial charge is 0.394 e. The van der Waals surface area contributed by atoms with E-state index in [0.29, 0.717) is 6.42 Å². The van der Waals surface area contributed by atoms with Crippen molar-refractivity contribution in [3.63, 3.8) is 0 Å². The van der Waals surface area contributed by atoms with E-state index in [2.05, 4.69) is 92.1 Å². The Morgan fingerprint density at radius 2 is 0.750 bits per heavy atom. The van der Waals surface area contributed by atoms with E-state index in [9.17, 15) is 61.0 Å². The first-order chi connectivity index (χ1) is 44.8. The number of unbranched alkanes of at least 4 members (excludes halogenated alkanes) is 26. The molecule has 3 heterocycles. The van der Waals surface area contributed by atoms with Crippen LogP contribution in [0, 0.1) is 0 Å². The standard InChI is InChI=1S/C73H127NO18/c1-3-5-7-9-11-13-15-17-19-20-21-22-23-24-25-26-27-28-29-30-31-32-33-34-35-36-37-39-41-43-45-47-49-51-61(79)74-56(57(78)50-48-46-44-42-40-38-18-16-14-12-10-8-6-4-2)55-87-71-67(85)64(82)69(59(53-76)89-71)92-73-68(86)65(83)70(60(54-77)90-73)91-72-66(84)63(81)62(80)58(52-75)88-72/h5,7,11,13,17,19,21-22,24-25,27-28,48,50,56-60,62-73,75-78,80-86H,3-4,6,8-10,12,14-16,18,20,23,26,29-47,49,51-55H2,1-2H3,(H,74,79)/b7-5-,13-11-,19-17-,22-21-,25-24-,28-27-,50-48+. The molecule has 17 unspecified atom stereocenters. The highest BCUT2D eigenvalue weighted by molar-refractivity contribution is 5.76. The van der Waals surface area contributed by atoms with E-state index >= 15 is 0 Å². The van der Waals surface area contributed by atoms with Crippen LogP contribution in [0.3, 0.4) is 0 Å². The molecule has 12 N–H and O–H groups in total. The molecular formula is C73H127NO18. The minimum atomic E-state index is -1.98. The van der Waals surface area contributed by atoms with E-state index in [4.69, 9.17) is 28.4 Å². The molecule has 0 bridgehead atoms. The smallest absolute Gasteiger partial charge is 0.220 e. The lowest BCUT2D eigenvalue weighted by atomic mass is 9.96. The van der Waals surface area contributed by atoms with Crippen molar-refractivity contribution in [2.45, 2.75) is 343 Å². The van der Waals surface area contributed by atoms with Gasteiger partial charge in [-0.3, -0.25) is 4.79 Å². The number of hydrogen-bond acceptors (Lipinski definition) is 18. The van der Waals surface area contributed by atoms with Gasteiger partial charge < -0.3 is 89.9 Å². The molecule has 3 aliphatic rings. The zero-order valence-electron chi connectivity index (χ0n) is 56.3. The van der Waals surface area contributed by atoms with E-state index in [0.717, 1.165) is 89.9 Å². The van der Waals surface area contributed by atoms with Gasteiger partial charge >= 0.3 is 0 Å². The quantitative estimate of drug-likeness (QED) is 0.0199. The van der Waals surface area contributed by atoms with Crippen molar-refractivity contribution in [2.75, 3.05) is 26.4 Å². The van der Waals surface area contributed by atoms with Gasteiger partial charge in [-0.2, -0.15) is 0 Å². The second-order valence-corrected chi connectivity index (χ2v) is 25.3. The fraction of sp³-hybridized carbons (Fsp3) is 0.795. The predicted octanol–water partition coefficient (Wildman–Crippen LogP) is 9.88. The molecule has 3 fully saturated rings. The maximum Gasteiger partial charge on any atom is 0.220 e. The molecule has 0 spiro atoms. The number of aliphatic hydroxyl groups is 11. The Morgan fingerprint density at radius 3 is 1.17 bits per heavy atom. The fourth-order valence-electron chi connectivity index (χ4n) is 11.7. The second kappa shape index (κ2) is 54.0. The van der Waals surface area contributed by atoms with Crippen molar-refractivity contribution in [2.24, 2.45) is 0 Å². The molecule has 0 aromatic rings. The molecule has 0 aromatic heterocycles. The van der Waals surface area contributed by atoms with Crippen molar-refractivity contribution < 1.29 is 89.4 Å². The van der Waals surface area contributed by atoms with E-state index in [-0.39, 0.29) is 18.9 Å². The summed E-state index contributed by atoms with van der Waals surface area (Å²) in [6.07, 6.45) is 42.8. The average molecular weight is 1310 g/mol. The Balaban J connectivity index is 1.37. The van der Waals surface area contributed by atoms with Crippen molar-refractivity contribution in [3.05, 3.63) is 85.1 Å². The maximum absolute atomic E-state index is 13.4. The lowest BCUT2D eigenvalue weighted by molar-refractivity contribution is -0.379.